The molecule has 0 radical (unpaired) electrons. The number of phenolic OH excluding ortho intramolecular Hbond substituents is 2. The van der Waals surface area contributed by atoms with Crippen molar-refractivity contribution in [2.75, 3.05) is 25.7 Å². The molecule has 46 heavy (non-hydrogen) atoms. The number of carboxylic acid groups (broad SMARTS) is 2. The molecule has 0 aliphatic carbocycles. The van der Waals surface area contributed by atoms with Gasteiger partial charge in [-0.1, -0.05) is 46.4 Å². The van der Waals surface area contributed by atoms with Gasteiger partial charge in [0.2, 0.25) is 0 Å². The van der Waals surface area contributed by atoms with E-state index in [2.05, 4.69) is 9.47 Å². The van der Waals surface area contributed by atoms with Crippen LogP contribution in [0.1, 0.15) is 41.4 Å². The Bertz CT molecular complexity index is 1590. The van der Waals surface area contributed by atoms with Gasteiger partial charge >= 0.3 is 23.9 Å². The second kappa shape index (κ2) is 18.8. The number of ether oxygens (including phenoxy) is 2. The van der Waals surface area contributed by atoms with Crippen molar-refractivity contribution >= 4 is 81.7 Å². The summed E-state index contributed by atoms with van der Waals surface area (Å²) in [5.41, 5.74) is 12.4. The zero-order valence-electron chi connectivity index (χ0n) is 23.8. The van der Waals surface area contributed by atoms with E-state index < -0.39 is 23.9 Å². The molecule has 8 N–H and O–H groups in total. The molecule has 0 fully saturated rings. The van der Waals surface area contributed by atoms with Gasteiger partial charge in [0.05, 0.1) is 56.6 Å². The number of phenols is 2. The summed E-state index contributed by atoms with van der Waals surface area (Å²) in [5, 5.41) is 35.5. The number of anilines is 2. The maximum Gasteiger partial charge on any atom is 0.339 e. The van der Waals surface area contributed by atoms with Gasteiger partial charge in [0, 0.05) is 11.4 Å². The van der Waals surface area contributed by atoms with Crippen LogP contribution in [0.3, 0.4) is 0 Å². The van der Waals surface area contributed by atoms with E-state index in [1.807, 2.05) is 0 Å². The lowest BCUT2D eigenvalue weighted by atomic mass is 10.2. The summed E-state index contributed by atoms with van der Waals surface area (Å²) in [6.07, 6.45) is 0. The maximum atomic E-state index is 11.0. The summed E-state index contributed by atoms with van der Waals surface area (Å²) < 4.78 is 8.94. The standard InChI is InChI=1S/C8H8ClNO2.C8H7ClO3.C7H6ClNO2.C7H5ClO3/c2*1-12-8(11)6-3-2-5(10)4-7(6)9;2*8-6-3-4(9)1-2-5(6)7(10)11/h2-4H,10H2,1H3;2-4,10H,1H3;1-3H,9H2,(H,10,11);1-3,9H,(H,10,11). The van der Waals surface area contributed by atoms with Crippen LogP contribution in [-0.4, -0.2) is 58.5 Å². The van der Waals surface area contributed by atoms with E-state index in [0.717, 1.165) is 0 Å². The Hall–Kier alpha value is -4.88. The van der Waals surface area contributed by atoms with Gasteiger partial charge in [-0.05, 0) is 72.8 Å². The highest BCUT2D eigenvalue weighted by Crippen LogP contribution is 2.23. The van der Waals surface area contributed by atoms with Crippen LogP contribution >= 0.6 is 46.4 Å². The predicted molar refractivity (Wildman–Crippen MR) is 175 cm³/mol. The van der Waals surface area contributed by atoms with Crippen molar-refractivity contribution < 1.29 is 49.1 Å². The number of carboxylic acids is 2. The summed E-state index contributed by atoms with van der Waals surface area (Å²) in [6.45, 7) is 0. The van der Waals surface area contributed by atoms with E-state index in [-0.39, 0.29) is 43.3 Å². The van der Waals surface area contributed by atoms with E-state index in [9.17, 15) is 19.2 Å². The molecule has 0 aliphatic heterocycles. The molecule has 0 atom stereocenters. The number of methoxy groups -OCH3 is 2. The molecular weight excluding hydrogens is 690 g/mol. The Kier molecular flexibility index (Phi) is 16.0. The van der Waals surface area contributed by atoms with Crippen LogP contribution in [0.25, 0.3) is 0 Å². The summed E-state index contributed by atoms with van der Waals surface area (Å²) >= 11 is 22.4. The van der Waals surface area contributed by atoms with Gasteiger partial charge in [0.15, 0.2) is 0 Å². The number of aromatic hydroxyl groups is 2. The van der Waals surface area contributed by atoms with Crippen molar-refractivity contribution in [3.8, 4) is 11.5 Å². The molecule has 4 rings (SSSR count). The van der Waals surface area contributed by atoms with Crippen LogP contribution in [0.2, 0.25) is 20.1 Å². The Balaban J connectivity index is 0.000000307. The molecule has 0 bridgehead atoms. The van der Waals surface area contributed by atoms with Crippen molar-refractivity contribution in [3.63, 3.8) is 0 Å². The molecule has 0 unspecified atom stereocenters. The molecule has 16 heteroatoms. The van der Waals surface area contributed by atoms with Crippen LogP contribution in [0.5, 0.6) is 11.5 Å². The summed E-state index contributed by atoms with van der Waals surface area (Å²) in [6, 6.07) is 16.7. The summed E-state index contributed by atoms with van der Waals surface area (Å²) in [5.74, 6) is -3.14. The van der Waals surface area contributed by atoms with Gasteiger partial charge in [-0.15, -0.1) is 0 Å². The smallest absolute Gasteiger partial charge is 0.339 e. The minimum Gasteiger partial charge on any atom is -0.508 e. The van der Waals surface area contributed by atoms with Crippen molar-refractivity contribution in [2.24, 2.45) is 0 Å². The third-order valence-electron chi connectivity index (χ3n) is 5.16. The first kappa shape index (κ1) is 39.1. The number of rotatable bonds is 4. The highest BCUT2D eigenvalue weighted by atomic mass is 35.5. The average molecular weight is 716 g/mol. The Labute approximate surface area is 282 Å². The molecule has 4 aromatic rings. The second-order valence-corrected chi connectivity index (χ2v) is 10.0. The molecule has 0 heterocycles. The fourth-order valence-corrected chi connectivity index (χ4v) is 4.01. The summed E-state index contributed by atoms with van der Waals surface area (Å²) in [4.78, 5) is 42.7. The molecule has 12 nitrogen and oxygen atoms in total. The Morgan fingerprint density at radius 2 is 0.804 bits per heavy atom. The molecule has 0 spiro atoms. The average Bonchev–Trinajstić information content (AvgIpc) is 2.97. The number of hydrogen-bond acceptors (Lipinski definition) is 10. The number of nitrogen functional groups attached to an aromatic ring is 2. The van der Waals surface area contributed by atoms with Crippen LogP contribution in [0.4, 0.5) is 11.4 Å². The minimum absolute atomic E-state index is 0.00975. The third kappa shape index (κ3) is 12.6. The quantitative estimate of drug-likeness (QED) is 0.0938. The summed E-state index contributed by atoms with van der Waals surface area (Å²) in [7, 11) is 2.57. The SMILES string of the molecule is COC(=O)c1ccc(N)cc1Cl.COC(=O)c1ccc(O)cc1Cl.Nc1ccc(C(=O)O)c(Cl)c1.O=C(O)c1ccc(O)cc1Cl. The number of nitrogens with two attached hydrogens (primary N) is 2. The molecule has 0 aromatic heterocycles. The van der Waals surface area contributed by atoms with Gasteiger partial charge in [0.25, 0.3) is 0 Å². The van der Waals surface area contributed by atoms with Gasteiger partial charge in [-0.3, -0.25) is 0 Å². The first-order valence-electron chi connectivity index (χ1n) is 12.2. The number of halogens is 4. The van der Waals surface area contributed by atoms with Crippen molar-refractivity contribution in [3.05, 3.63) is 115 Å². The molecule has 0 amide bonds. The zero-order chi connectivity index (χ0) is 35.1. The van der Waals surface area contributed by atoms with Gasteiger partial charge < -0.3 is 41.4 Å². The Morgan fingerprint density at radius 3 is 1.09 bits per heavy atom. The lowest BCUT2D eigenvalue weighted by Crippen LogP contribution is -2.02. The third-order valence-corrected chi connectivity index (χ3v) is 6.41. The topological polar surface area (TPSA) is 220 Å². The lowest BCUT2D eigenvalue weighted by molar-refractivity contribution is 0.0592. The molecule has 244 valence electrons. The monoisotopic (exact) mass is 714 g/mol. The van der Waals surface area contributed by atoms with Gasteiger partial charge in [-0.25, -0.2) is 19.2 Å². The molecular formula is C30H26Cl4N2O10. The number of aromatic carboxylic acids is 2. The fraction of sp³-hybridized carbons (Fsp3) is 0.0667. The predicted octanol–water partition coefficient (Wildman–Crippen LogP) is 6.91. The van der Waals surface area contributed by atoms with Crippen molar-refractivity contribution in [1.29, 1.82) is 0 Å². The van der Waals surface area contributed by atoms with Crippen LogP contribution in [0, 0.1) is 0 Å². The molecule has 4 aromatic carbocycles. The lowest BCUT2D eigenvalue weighted by Gasteiger charge is -2.01. The van der Waals surface area contributed by atoms with E-state index in [1.54, 1.807) is 6.07 Å². The second-order valence-electron chi connectivity index (χ2n) is 8.40. The number of carbonyl (C=O) groups excluding carboxylic acids is 2. The van der Waals surface area contributed by atoms with E-state index in [1.165, 1.54) is 80.9 Å². The van der Waals surface area contributed by atoms with E-state index in [4.69, 9.17) is 78.3 Å². The van der Waals surface area contributed by atoms with Crippen LogP contribution < -0.4 is 11.5 Å². The highest BCUT2D eigenvalue weighted by Gasteiger charge is 2.11. The van der Waals surface area contributed by atoms with Crippen molar-refractivity contribution in [2.45, 2.75) is 0 Å². The highest BCUT2D eigenvalue weighted by molar-refractivity contribution is 6.35. The number of esters is 2. The van der Waals surface area contributed by atoms with E-state index >= 15 is 0 Å². The van der Waals surface area contributed by atoms with E-state index in [0.29, 0.717) is 22.0 Å². The van der Waals surface area contributed by atoms with Gasteiger partial charge in [-0.2, -0.15) is 0 Å². The van der Waals surface area contributed by atoms with Crippen molar-refractivity contribution in [1.82, 2.24) is 0 Å². The number of carbonyl (C=O) groups is 4. The van der Waals surface area contributed by atoms with Crippen LogP contribution in [0.15, 0.2) is 72.8 Å². The Morgan fingerprint density at radius 1 is 0.522 bits per heavy atom. The van der Waals surface area contributed by atoms with Crippen LogP contribution in [-0.2, 0) is 9.47 Å². The number of benzene rings is 4. The largest absolute Gasteiger partial charge is 0.508 e. The zero-order valence-corrected chi connectivity index (χ0v) is 26.9. The fourth-order valence-electron chi connectivity index (χ4n) is 2.97. The minimum atomic E-state index is -1.10. The first-order chi connectivity index (χ1) is 21.5. The molecule has 0 saturated heterocycles. The molecule has 0 saturated carbocycles. The first-order valence-corrected chi connectivity index (χ1v) is 13.7. The van der Waals surface area contributed by atoms with Gasteiger partial charge in [0.1, 0.15) is 11.5 Å². The normalized spacial score (nSPS) is 9.52. The molecule has 0 aliphatic rings. The number of hydrogen-bond donors (Lipinski definition) is 6. The maximum absolute atomic E-state index is 11.0.